The number of amides is 1. The molecule has 0 heterocycles. The van der Waals surface area contributed by atoms with Crippen molar-refractivity contribution in [3.8, 4) is 5.75 Å². The predicted molar refractivity (Wildman–Crippen MR) is 145 cm³/mol. The number of nitrogens with one attached hydrogen (secondary N) is 1. The molecule has 0 unspecified atom stereocenters. The summed E-state index contributed by atoms with van der Waals surface area (Å²) < 4.78 is 13.1. The van der Waals surface area contributed by atoms with E-state index in [2.05, 4.69) is 39.2 Å². The molecule has 3 aromatic rings. The van der Waals surface area contributed by atoms with Gasteiger partial charge in [0.15, 0.2) is 14.6 Å². The molecule has 0 spiro atoms. The summed E-state index contributed by atoms with van der Waals surface area (Å²) >= 11 is 6.01. The van der Waals surface area contributed by atoms with Gasteiger partial charge in [0.1, 0.15) is 5.75 Å². The topological polar surface area (TPSA) is 47.6 Å². The molecule has 4 nitrogen and oxygen atoms in total. The van der Waals surface area contributed by atoms with Gasteiger partial charge in [-0.1, -0.05) is 87.5 Å². The lowest BCUT2D eigenvalue weighted by Gasteiger charge is -2.50. The van der Waals surface area contributed by atoms with Crippen molar-refractivity contribution >= 4 is 32.2 Å². The molecule has 3 aromatic carbocycles. The SMILES string of the molecule is C[SiH](C)O[C@](C(=S)Oc1ccccc1)([C@H](NC(=O)c1ccccc1)c1ccccc1)C(C)(C)C. The predicted octanol–water partition coefficient (Wildman–Crippen LogP) is 6.35. The molecule has 0 saturated carbocycles. The van der Waals surface area contributed by atoms with Gasteiger partial charge in [0.05, 0.1) is 6.04 Å². The summed E-state index contributed by atoms with van der Waals surface area (Å²) in [4.78, 5) is 13.4. The summed E-state index contributed by atoms with van der Waals surface area (Å²) in [5.74, 6) is 0.441. The molecule has 0 aliphatic heterocycles. The Kier molecular flexibility index (Phi) is 8.41. The summed E-state index contributed by atoms with van der Waals surface area (Å²) in [6.45, 7) is 10.4. The van der Waals surface area contributed by atoms with Gasteiger partial charge in [-0.2, -0.15) is 0 Å². The summed E-state index contributed by atoms with van der Waals surface area (Å²) in [5.41, 5.74) is -0.149. The summed E-state index contributed by atoms with van der Waals surface area (Å²) in [7, 11) is -1.68. The molecule has 6 heteroatoms. The average molecular weight is 492 g/mol. The largest absolute Gasteiger partial charge is 0.447 e. The molecule has 1 amide bonds. The number of carbonyl (C=O) groups is 1. The first-order valence-electron chi connectivity index (χ1n) is 11.5. The van der Waals surface area contributed by atoms with E-state index in [9.17, 15) is 4.79 Å². The minimum absolute atomic E-state index is 0.195. The Morgan fingerprint density at radius 2 is 1.35 bits per heavy atom. The van der Waals surface area contributed by atoms with Gasteiger partial charge >= 0.3 is 0 Å². The Bertz CT molecular complexity index is 1080. The molecular weight excluding hydrogens is 458 g/mol. The highest BCUT2D eigenvalue weighted by molar-refractivity contribution is 7.80. The highest BCUT2D eigenvalue weighted by Gasteiger charge is 2.55. The number of para-hydroxylation sites is 1. The van der Waals surface area contributed by atoms with E-state index >= 15 is 0 Å². The van der Waals surface area contributed by atoms with E-state index in [1.54, 1.807) is 12.1 Å². The third kappa shape index (κ3) is 5.81. The molecule has 0 bridgehead atoms. The van der Waals surface area contributed by atoms with Crippen LogP contribution in [0.2, 0.25) is 13.1 Å². The van der Waals surface area contributed by atoms with Crippen molar-refractivity contribution < 1.29 is 14.0 Å². The number of thiocarbonyl (C=S) groups is 1. The van der Waals surface area contributed by atoms with E-state index < -0.39 is 26.1 Å². The van der Waals surface area contributed by atoms with Crippen molar-refractivity contribution in [2.75, 3.05) is 0 Å². The fraction of sp³-hybridized carbons (Fsp3) is 0.286. The maximum Gasteiger partial charge on any atom is 0.251 e. The number of ether oxygens (including phenoxy) is 1. The van der Waals surface area contributed by atoms with E-state index in [-0.39, 0.29) is 5.91 Å². The van der Waals surface area contributed by atoms with Crippen molar-refractivity contribution in [2.24, 2.45) is 5.41 Å². The van der Waals surface area contributed by atoms with Crippen LogP contribution in [-0.2, 0) is 4.43 Å². The van der Waals surface area contributed by atoms with Crippen LogP contribution in [0.5, 0.6) is 5.75 Å². The highest BCUT2D eigenvalue weighted by atomic mass is 32.1. The van der Waals surface area contributed by atoms with E-state index in [0.29, 0.717) is 16.4 Å². The molecule has 0 aliphatic rings. The summed E-state index contributed by atoms with van der Waals surface area (Å²) in [6.07, 6.45) is 0. The van der Waals surface area contributed by atoms with Crippen LogP contribution in [0.1, 0.15) is 42.7 Å². The second-order valence-corrected chi connectivity index (χ2v) is 12.2. The van der Waals surface area contributed by atoms with Gasteiger partial charge in [0, 0.05) is 11.0 Å². The number of hydrogen-bond acceptors (Lipinski definition) is 4. The molecule has 178 valence electrons. The number of carbonyl (C=O) groups excluding carboxylic acids is 1. The van der Waals surface area contributed by atoms with Crippen molar-refractivity contribution in [1.82, 2.24) is 5.32 Å². The van der Waals surface area contributed by atoms with Crippen LogP contribution in [0, 0.1) is 5.41 Å². The van der Waals surface area contributed by atoms with Crippen LogP contribution in [0.3, 0.4) is 0 Å². The quantitative estimate of drug-likeness (QED) is 0.295. The Morgan fingerprint density at radius 3 is 1.85 bits per heavy atom. The second kappa shape index (κ2) is 11.1. The first-order valence-corrected chi connectivity index (χ1v) is 14.7. The van der Waals surface area contributed by atoms with Gasteiger partial charge in [-0.15, -0.1) is 0 Å². The third-order valence-corrected chi connectivity index (χ3v) is 6.87. The van der Waals surface area contributed by atoms with Crippen molar-refractivity contribution in [1.29, 1.82) is 0 Å². The maximum atomic E-state index is 13.4. The lowest BCUT2D eigenvalue weighted by atomic mass is 9.70. The standard InChI is InChI=1S/C28H33NO3SSi/c1-27(2,3)28(32-34(4)5,26(33)31-23-19-13-8-14-20-23)24(21-15-9-6-10-16-21)29-25(30)22-17-11-7-12-18-22/h6-20,24,34H,1-5H3,(H,29,30)/t24-,28+/m1/s1. The van der Waals surface area contributed by atoms with Crippen LogP contribution in [0.4, 0.5) is 0 Å². The van der Waals surface area contributed by atoms with Crippen molar-refractivity contribution in [2.45, 2.75) is 45.5 Å². The first kappa shape index (κ1) is 25.8. The van der Waals surface area contributed by atoms with Gasteiger partial charge in [0.25, 0.3) is 5.91 Å². The zero-order chi connectivity index (χ0) is 24.8. The van der Waals surface area contributed by atoms with E-state index in [1.165, 1.54) is 0 Å². The summed E-state index contributed by atoms with van der Waals surface area (Å²) in [6, 6.07) is 27.9. The monoisotopic (exact) mass is 491 g/mol. The molecule has 0 aliphatic carbocycles. The zero-order valence-electron chi connectivity index (χ0n) is 20.4. The molecule has 34 heavy (non-hydrogen) atoms. The molecule has 2 atom stereocenters. The average Bonchev–Trinajstić information content (AvgIpc) is 2.82. The first-order chi connectivity index (χ1) is 16.1. The molecular formula is C28H33NO3SSi. The normalized spacial score (nSPS) is 14.2. The second-order valence-electron chi connectivity index (χ2n) is 9.54. The fourth-order valence-electron chi connectivity index (χ4n) is 4.06. The van der Waals surface area contributed by atoms with E-state index in [1.807, 2.05) is 78.9 Å². The lowest BCUT2D eigenvalue weighted by molar-refractivity contribution is -0.0140. The lowest BCUT2D eigenvalue weighted by Crippen LogP contribution is -2.63. The van der Waals surface area contributed by atoms with Crippen molar-refractivity contribution in [3.63, 3.8) is 0 Å². The smallest absolute Gasteiger partial charge is 0.251 e. The maximum absolute atomic E-state index is 13.4. The number of hydrogen-bond donors (Lipinski definition) is 1. The van der Waals surface area contributed by atoms with E-state index in [4.69, 9.17) is 21.4 Å². The van der Waals surface area contributed by atoms with Gasteiger partial charge in [0.2, 0.25) is 5.05 Å². The minimum atomic E-state index is -1.68. The van der Waals surface area contributed by atoms with Gasteiger partial charge in [-0.05, 0) is 55.1 Å². The Morgan fingerprint density at radius 1 is 0.853 bits per heavy atom. The highest BCUT2D eigenvalue weighted by Crippen LogP contribution is 2.46. The Labute approximate surface area is 210 Å². The van der Waals surface area contributed by atoms with Gasteiger partial charge < -0.3 is 14.5 Å². The number of rotatable bonds is 8. The molecule has 0 aromatic heterocycles. The molecule has 0 fully saturated rings. The van der Waals surface area contributed by atoms with Crippen LogP contribution < -0.4 is 10.1 Å². The summed E-state index contributed by atoms with van der Waals surface area (Å²) in [5, 5.41) is 3.56. The molecule has 1 N–H and O–H groups in total. The van der Waals surface area contributed by atoms with Crippen LogP contribution in [0.25, 0.3) is 0 Å². The Hall–Kier alpha value is -2.80. The Balaban J connectivity index is 2.17. The van der Waals surface area contributed by atoms with Gasteiger partial charge in [-0.25, -0.2) is 0 Å². The molecule has 3 rings (SSSR count). The van der Waals surface area contributed by atoms with Crippen molar-refractivity contribution in [3.05, 3.63) is 102 Å². The third-order valence-electron chi connectivity index (χ3n) is 5.64. The van der Waals surface area contributed by atoms with Crippen LogP contribution in [0.15, 0.2) is 91.0 Å². The molecule has 0 saturated heterocycles. The zero-order valence-corrected chi connectivity index (χ0v) is 22.4. The van der Waals surface area contributed by atoms with E-state index in [0.717, 1.165) is 5.56 Å². The van der Waals surface area contributed by atoms with Crippen LogP contribution in [-0.4, -0.2) is 25.6 Å². The minimum Gasteiger partial charge on any atom is -0.447 e. The molecule has 0 radical (unpaired) electrons. The van der Waals surface area contributed by atoms with Gasteiger partial charge in [-0.3, -0.25) is 4.79 Å². The van der Waals surface area contributed by atoms with Crippen LogP contribution >= 0.6 is 12.2 Å². The fourth-order valence-corrected chi connectivity index (χ4v) is 6.06. The number of benzene rings is 3.